The third-order valence-corrected chi connectivity index (χ3v) is 4.96. The zero-order valence-electron chi connectivity index (χ0n) is 15.4. The molecule has 2 atom stereocenters. The molecule has 2 heterocycles. The Morgan fingerprint density at radius 3 is 2.57 bits per heavy atom. The number of nitrogens with one attached hydrogen (secondary N) is 1. The number of carbonyl (C=O) groups is 1. The second-order valence-electron chi connectivity index (χ2n) is 6.70. The number of amides is 1. The number of benzene rings is 2. The highest BCUT2D eigenvalue weighted by atomic mass is 35.5. The minimum absolute atomic E-state index is 0.116. The van der Waals surface area contributed by atoms with Crippen LogP contribution < -0.4 is 5.32 Å². The zero-order chi connectivity index (χ0) is 19.5. The molecule has 142 valence electrons. The van der Waals surface area contributed by atoms with Crippen LogP contribution in [-0.2, 0) is 4.79 Å². The molecule has 6 heteroatoms. The number of hydrazone groups is 1. The van der Waals surface area contributed by atoms with Gasteiger partial charge in [-0.25, -0.2) is 5.01 Å². The molecule has 1 aliphatic heterocycles. The Bertz CT molecular complexity index is 969. The van der Waals surface area contributed by atoms with Gasteiger partial charge < -0.3 is 9.73 Å². The number of anilines is 1. The van der Waals surface area contributed by atoms with Crippen molar-refractivity contribution in [1.29, 1.82) is 0 Å². The molecule has 5 nitrogen and oxygen atoms in total. The molecular weight excluding hydrogens is 374 g/mol. The van der Waals surface area contributed by atoms with Crippen LogP contribution in [0.2, 0.25) is 5.02 Å². The minimum atomic E-state index is -0.437. The molecule has 1 N–H and O–H groups in total. The van der Waals surface area contributed by atoms with Crippen molar-refractivity contribution in [3.8, 4) is 0 Å². The van der Waals surface area contributed by atoms with Crippen molar-refractivity contribution in [3.05, 3.63) is 89.3 Å². The van der Waals surface area contributed by atoms with E-state index in [1.807, 2.05) is 73.7 Å². The Balaban J connectivity index is 1.60. The summed E-state index contributed by atoms with van der Waals surface area (Å²) in [7, 11) is 0. The maximum Gasteiger partial charge on any atom is 0.265 e. The predicted molar refractivity (Wildman–Crippen MR) is 110 cm³/mol. The van der Waals surface area contributed by atoms with Crippen molar-refractivity contribution in [1.82, 2.24) is 5.01 Å². The maximum atomic E-state index is 13.2. The molecule has 0 unspecified atom stereocenters. The zero-order valence-corrected chi connectivity index (χ0v) is 16.1. The maximum absolute atomic E-state index is 13.2. The summed E-state index contributed by atoms with van der Waals surface area (Å²) in [5.41, 5.74) is 2.66. The van der Waals surface area contributed by atoms with Gasteiger partial charge in [0.05, 0.1) is 12.0 Å². The lowest BCUT2D eigenvalue weighted by Crippen LogP contribution is -2.38. The topological polar surface area (TPSA) is 57.8 Å². The fraction of sp³-hybridized carbons (Fsp3) is 0.182. The van der Waals surface area contributed by atoms with Crippen LogP contribution in [0.1, 0.15) is 30.7 Å². The summed E-state index contributed by atoms with van der Waals surface area (Å²) in [5, 5.41) is 10.1. The molecule has 1 aliphatic rings. The molecule has 0 aliphatic carbocycles. The Kier molecular flexibility index (Phi) is 5.17. The number of nitrogens with zero attached hydrogens (tertiary/aromatic N) is 2. The Labute approximate surface area is 168 Å². The average molecular weight is 394 g/mol. The largest absolute Gasteiger partial charge is 0.467 e. The van der Waals surface area contributed by atoms with E-state index >= 15 is 0 Å². The molecule has 4 rings (SSSR count). The number of rotatable bonds is 5. The first-order valence-electron chi connectivity index (χ1n) is 9.13. The van der Waals surface area contributed by atoms with Gasteiger partial charge >= 0.3 is 0 Å². The molecule has 1 aromatic heterocycles. The second kappa shape index (κ2) is 7.90. The normalized spacial score (nSPS) is 17.3. The number of para-hydroxylation sites is 1. The van der Waals surface area contributed by atoms with Gasteiger partial charge in [0.2, 0.25) is 0 Å². The van der Waals surface area contributed by atoms with Crippen LogP contribution in [0.25, 0.3) is 0 Å². The van der Waals surface area contributed by atoms with Crippen molar-refractivity contribution in [2.45, 2.75) is 25.4 Å². The highest BCUT2D eigenvalue weighted by Gasteiger charge is 2.36. The Hall–Kier alpha value is -3.05. The van der Waals surface area contributed by atoms with Gasteiger partial charge in [-0.3, -0.25) is 4.79 Å². The van der Waals surface area contributed by atoms with E-state index in [1.54, 1.807) is 6.26 Å². The molecule has 2 aromatic carbocycles. The summed E-state index contributed by atoms with van der Waals surface area (Å²) in [5.74, 6) is 0.599. The van der Waals surface area contributed by atoms with E-state index in [4.69, 9.17) is 16.0 Å². The van der Waals surface area contributed by atoms with Crippen molar-refractivity contribution in [2.75, 3.05) is 5.32 Å². The quantitative estimate of drug-likeness (QED) is 0.655. The Morgan fingerprint density at radius 1 is 1.14 bits per heavy atom. The van der Waals surface area contributed by atoms with E-state index in [0.29, 0.717) is 17.2 Å². The monoisotopic (exact) mass is 393 g/mol. The van der Waals surface area contributed by atoms with Crippen LogP contribution in [0.4, 0.5) is 5.69 Å². The van der Waals surface area contributed by atoms with Crippen molar-refractivity contribution in [3.63, 3.8) is 0 Å². The molecule has 1 amide bonds. The van der Waals surface area contributed by atoms with E-state index < -0.39 is 6.04 Å². The van der Waals surface area contributed by atoms with Gasteiger partial charge in [-0.1, -0.05) is 41.9 Å². The molecule has 0 spiro atoms. The lowest BCUT2D eigenvalue weighted by Gasteiger charge is -2.24. The molecule has 3 aromatic rings. The molecule has 0 bridgehead atoms. The standard InChI is InChI=1S/C22H20ClN3O2/c1-15(24-18-6-3-2-4-7-18)22(27)26-20(21-8-5-13-28-21)14-19(25-26)16-9-11-17(23)12-10-16/h2-13,15,20,24H,14H2,1H3/t15-,20+/m1/s1. The lowest BCUT2D eigenvalue weighted by molar-refractivity contribution is -0.133. The Morgan fingerprint density at radius 2 is 1.89 bits per heavy atom. The smallest absolute Gasteiger partial charge is 0.265 e. The SMILES string of the molecule is C[C@@H](Nc1ccccc1)C(=O)N1N=C(c2ccc(Cl)cc2)C[C@H]1c1ccco1. The number of halogens is 1. The minimum Gasteiger partial charge on any atom is -0.467 e. The third-order valence-electron chi connectivity index (χ3n) is 4.71. The molecule has 0 radical (unpaired) electrons. The first kappa shape index (κ1) is 18.3. The van der Waals surface area contributed by atoms with Gasteiger partial charge in [0.1, 0.15) is 17.8 Å². The predicted octanol–water partition coefficient (Wildman–Crippen LogP) is 5.11. The van der Waals surface area contributed by atoms with Crippen LogP contribution in [0.15, 0.2) is 82.5 Å². The highest BCUT2D eigenvalue weighted by Crippen LogP contribution is 2.34. The highest BCUT2D eigenvalue weighted by molar-refractivity contribution is 6.30. The van der Waals surface area contributed by atoms with Gasteiger partial charge in [-0.05, 0) is 48.9 Å². The summed E-state index contributed by atoms with van der Waals surface area (Å²) in [6.07, 6.45) is 2.20. The van der Waals surface area contributed by atoms with Gasteiger partial charge in [-0.15, -0.1) is 0 Å². The summed E-state index contributed by atoms with van der Waals surface area (Å²) in [6.45, 7) is 1.84. The number of hydrogen-bond acceptors (Lipinski definition) is 4. The van der Waals surface area contributed by atoms with Crippen LogP contribution in [0.3, 0.4) is 0 Å². The molecule has 0 saturated heterocycles. The molecular formula is C22H20ClN3O2. The van der Waals surface area contributed by atoms with Crippen LogP contribution >= 0.6 is 11.6 Å². The number of hydrogen-bond donors (Lipinski definition) is 1. The fourth-order valence-corrected chi connectivity index (χ4v) is 3.40. The fourth-order valence-electron chi connectivity index (χ4n) is 3.28. The van der Waals surface area contributed by atoms with Crippen molar-refractivity contribution in [2.24, 2.45) is 5.10 Å². The van der Waals surface area contributed by atoms with E-state index in [9.17, 15) is 4.79 Å². The van der Waals surface area contributed by atoms with E-state index in [0.717, 1.165) is 17.0 Å². The van der Waals surface area contributed by atoms with Crippen LogP contribution in [-0.4, -0.2) is 22.7 Å². The van der Waals surface area contributed by atoms with Gasteiger partial charge in [-0.2, -0.15) is 5.10 Å². The van der Waals surface area contributed by atoms with Crippen molar-refractivity contribution >= 4 is 28.9 Å². The average Bonchev–Trinajstić information content (AvgIpc) is 3.38. The molecule has 28 heavy (non-hydrogen) atoms. The van der Waals surface area contributed by atoms with Gasteiger partial charge in [0, 0.05) is 17.1 Å². The van der Waals surface area contributed by atoms with Gasteiger partial charge in [0.25, 0.3) is 5.91 Å². The van der Waals surface area contributed by atoms with E-state index in [1.165, 1.54) is 5.01 Å². The van der Waals surface area contributed by atoms with Crippen LogP contribution in [0.5, 0.6) is 0 Å². The third kappa shape index (κ3) is 3.80. The molecule has 0 saturated carbocycles. The summed E-state index contributed by atoms with van der Waals surface area (Å²) in [6, 6.07) is 20.1. The summed E-state index contributed by atoms with van der Waals surface area (Å²) in [4.78, 5) is 13.2. The summed E-state index contributed by atoms with van der Waals surface area (Å²) < 4.78 is 5.59. The lowest BCUT2D eigenvalue weighted by atomic mass is 10.0. The second-order valence-corrected chi connectivity index (χ2v) is 7.14. The molecule has 0 fully saturated rings. The summed E-state index contributed by atoms with van der Waals surface area (Å²) >= 11 is 6.00. The van der Waals surface area contributed by atoms with E-state index in [-0.39, 0.29) is 11.9 Å². The number of furan rings is 1. The first-order valence-corrected chi connectivity index (χ1v) is 9.51. The first-order chi connectivity index (χ1) is 13.6. The van der Waals surface area contributed by atoms with Gasteiger partial charge in [0.15, 0.2) is 0 Å². The number of carbonyl (C=O) groups excluding carboxylic acids is 1. The van der Waals surface area contributed by atoms with E-state index in [2.05, 4.69) is 10.4 Å². The van der Waals surface area contributed by atoms with Crippen LogP contribution in [0, 0.1) is 0 Å². The van der Waals surface area contributed by atoms with Crippen molar-refractivity contribution < 1.29 is 9.21 Å².